The maximum Gasteiger partial charge on any atom is 0.143 e. The highest BCUT2D eigenvalue weighted by Gasteiger charge is 2.20. The molecule has 0 N–H and O–H groups in total. The highest BCUT2D eigenvalue weighted by atomic mass is 16.3. The molecule has 10 aromatic carbocycles. The molecule has 1 heteroatoms. The van der Waals surface area contributed by atoms with E-state index in [1.165, 1.54) is 81.7 Å². The molecular formula is C50H30O. The lowest BCUT2D eigenvalue weighted by Crippen LogP contribution is -1.91. The molecule has 0 spiro atoms. The van der Waals surface area contributed by atoms with E-state index in [0.29, 0.717) is 0 Å². The summed E-state index contributed by atoms with van der Waals surface area (Å²) < 4.78 is 6.95. The Morgan fingerprint density at radius 1 is 0.294 bits per heavy atom. The molecule has 0 atom stereocenters. The van der Waals surface area contributed by atoms with Crippen molar-refractivity contribution in [1.29, 1.82) is 0 Å². The minimum atomic E-state index is 0.901. The molecule has 0 bridgehead atoms. The van der Waals surface area contributed by atoms with Crippen LogP contribution in [0, 0.1) is 0 Å². The fraction of sp³-hybridized carbons (Fsp3) is 0. The van der Waals surface area contributed by atoms with E-state index in [9.17, 15) is 0 Å². The van der Waals surface area contributed by atoms with Crippen LogP contribution in [-0.2, 0) is 0 Å². The van der Waals surface area contributed by atoms with E-state index < -0.39 is 0 Å². The van der Waals surface area contributed by atoms with Gasteiger partial charge in [-0.05, 0) is 106 Å². The summed E-state index contributed by atoms with van der Waals surface area (Å²) in [6, 6.07) is 66.1. The fourth-order valence-electron chi connectivity index (χ4n) is 8.59. The van der Waals surface area contributed by atoms with E-state index in [1.54, 1.807) is 0 Å². The normalized spacial score (nSPS) is 11.9. The Morgan fingerprint density at radius 2 is 0.863 bits per heavy atom. The summed E-state index contributed by atoms with van der Waals surface area (Å²) in [5, 5.41) is 14.6. The molecule has 11 rings (SSSR count). The van der Waals surface area contributed by atoms with Gasteiger partial charge < -0.3 is 4.42 Å². The van der Waals surface area contributed by atoms with Crippen molar-refractivity contribution in [1.82, 2.24) is 0 Å². The van der Waals surface area contributed by atoms with Crippen molar-refractivity contribution >= 4 is 75.8 Å². The molecule has 11 aromatic rings. The van der Waals surface area contributed by atoms with Gasteiger partial charge >= 0.3 is 0 Å². The van der Waals surface area contributed by atoms with Gasteiger partial charge in [0.05, 0.1) is 0 Å². The van der Waals surface area contributed by atoms with Crippen LogP contribution in [0.25, 0.3) is 109 Å². The van der Waals surface area contributed by atoms with Gasteiger partial charge in [0.25, 0.3) is 0 Å². The van der Waals surface area contributed by atoms with Crippen molar-refractivity contribution < 1.29 is 4.42 Å². The highest BCUT2D eigenvalue weighted by Crippen LogP contribution is 2.47. The number of furan rings is 1. The second-order valence-electron chi connectivity index (χ2n) is 13.6. The lowest BCUT2D eigenvalue weighted by atomic mass is 9.84. The zero-order chi connectivity index (χ0) is 33.5. The zero-order valence-corrected chi connectivity index (χ0v) is 27.7. The lowest BCUT2D eigenvalue weighted by Gasteiger charge is -2.18. The van der Waals surface area contributed by atoms with Crippen molar-refractivity contribution in [3.63, 3.8) is 0 Å². The minimum Gasteiger partial charge on any atom is -0.455 e. The van der Waals surface area contributed by atoms with Crippen molar-refractivity contribution in [2.45, 2.75) is 0 Å². The van der Waals surface area contributed by atoms with Crippen LogP contribution in [0.2, 0.25) is 0 Å². The average molecular weight is 647 g/mol. The molecule has 0 fully saturated rings. The lowest BCUT2D eigenvalue weighted by molar-refractivity contribution is 0.673. The van der Waals surface area contributed by atoms with Crippen LogP contribution in [0.15, 0.2) is 186 Å². The van der Waals surface area contributed by atoms with E-state index in [4.69, 9.17) is 4.42 Å². The topological polar surface area (TPSA) is 13.1 Å². The first kappa shape index (κ1) is 28.2. The number of benzene rings is 10. The maximum absolute atomic E-state index is 6.95. The van der Waals surface area contributed by atoms with Gasteiger partial charge in [0, 0.05) is 16.2 Å². The predicted molar refractivity (Wildman–Crippen MR) is 218 cm³/mol. The summed E-state index contributed by atoms with van der Waals surface area (Å²) in [6.07, 6.45) is 0. The molecule has 0 unspecified atom stereocenters. The summed E-state index contributed by atoms with van der Waals surface area (Å²) in [5.74, 6) is 0. The molecule has 0 amide bonds. The number of hydrogen-bond acceptors (Lipinski definition) is 1. The third kappa shape index (κ3) is 4.16. The molecule has 0 aliphatic rings. The maximum atomic E-state index is 6.95. The third-order valence-corrected chi connectivity index (χ3v) is 10.8. The summed E-state index contributed by atoms with van der Waals surface area (Å²) in [6.45, 7) is 0. The monoisotopic (exact) mass is 646 g/mol. The van der Waals surface area contributed by atoms with Gasteiger partial charge in [-0.1, -0.05) is 158 Å². The highest BCUT2D eigenvalue weighted by molar-refractivity contribution is 6.31. The number of hydrogen-bond donors (Lipinski definition) is 0. The van der Waals surface area contributed by atoms with Crippen LogP contribution in [0.3, 0.4) is 0 Å². The molecule has 0 aliphatic carbocycles. The van der Waals surface area contributed by atoms with Gasteiger partial charge in [0.1, 0.15) is 11.2 Å². The zero-order valence-electron chi connectivity index (χ0n) is 27.7. The molecular weight excluding hydrogens is 617 g/mol. The van der Waals surface area contributed by atoms with Gasteiger partial charge in [-0.3, -0.25) is 0 Å². The molecule has 0 saturated carbocycles. The number of rotatable bonds is 3. The van der Waals surface area contributed by atoms with Crippen LogP contribution < -0.4 is 0 Å². The van der Waals surface area contributed by atoms with E-state index in [-0.39, 0.29) is 0 Å². The van der Waals surface area contributed by atoms with Gasteiger partial charge in [-0.2, -0.15) is 0 Å². The Hall–Kier alpha value is -6.70. The molecule has 236 valence electrons. The SMILES string of the molecule is c1ccc(-c2ccc3c(c2)c2ccccc2c2c4ccc(-c5c6ccccc6c(-c6cccc7ccccc67)c6ccccc56)cc4oc32)cc1. The van der Waals surface area contributed by atoms with Crippen LogP contribution in [-0.4, -0.2) is 0 Å². The standard InChI is InChI=1S/C50H30O/c1-2-13-31(14-3-1)33-25-27-43-45(29-33)36-18-6-7-19-38(36)49-44-28-26-34(30-46(44)51-50(43)49)47-39-20-8-10-22-41(39)48(42-23-11-9-21-40(42)47)37-24-12-16-32-15-4-5-17-35(32)37/h1-30H. The Bertz CT molecular complexity index is 3120. The second kappa shape index (κ2) is 10.9. The smallest absolute Gasteiger partial charge is 0.143 e. The molecule has 0 radical (unpaired) electrons. The van der Waals surface area contributed by atoms with E-state index in [1.807, 2.05) is 0 Å². The van der Waals surface area contributed by atoms with E-state index in [2.05, 4.69) is 182 Å². The van der Waals surface area contributed by atoms with Crippen LogP contribution in [0.5, 0.6) is 0 Å². The van der Waals surface area contributed by atoms with E-state index >= 15 is 0 Å². The van der Waals surface area contributed by atoms with Crippen molar-refractivity contribution in [3.05, 3.63) is 182 Å². The molecule has 1 nitrogen and oxygen atoms in total. The fourth-order valence-corrected chi connectivity index (χ4v) is 8.59. The summed E-state index contributed by atoms with van der Waals surface area (Å²) in [5.41, 5.74) is 9.18. The first-order valence-corrected chi connectivity index (χ1v) is 17.6. The van der Waals surface area contributed by atoms with Gasteiger partial charge in [0.2, 0.25) is 0 Å². The van der Waals surface area contributed by atoms with Crippen molar-refractivity contribution in [2.75, 3.05) is 0 Å². The van der Waals surface area contributed by atoms with Gasteiger partial charge in [-0.25, -0.2) is 0 Å². The first-order valence-electron chi connectivity index (χ1n) is 17.6. The predicted octanol–water partition coefficient (Wildman–Crippen LogP) is 14.4. The van der Waals surface area contributed by atoms with Gasteiger partial charge in [0.15, 0.2) is 0 Å². The minimum absolute atomic E-state index is 0.901. The average Bonchev–Trinajstić information content (AvgIpc) is 3.59. The molecule has 0 aliphatic heterocycles. The molecule has 1 aromatic heterocycles. The quantitative estimate of drug-likeness (QED) is 0.138. The van der Waals surface area contributed by atoms with Crippen LogP contribution >= 0.6 is 0 Å². The van der Waals surface area contributed by atoms with Crippen molar-refractivity contribution in [3.8, 4) is 33.4 Å². The molecule has 1 heterocycles. The number of fused-ring (bicyclic) bond motifs is 11. The largest absolute Gasteiger partial charge is 0.455 e. The molecule has 51 heavy (non-hydrogen) atoms. The first-order chi connectivity index (χ1) is 25.3. The van der Waals surface area contributed by atoms with Crippen molar-refractivity contribution in [2.24, 2.45) is 0 Å². The van der Waals surface area contributed by atoms with Crippen LogP contribution in [0.4, 0.5) is 0 Å². The van der Waals surface area contributed by atoms with Crippen LogP contribution in [0.1, 0.15) is 0 Å². The Kier molecular flexibility index (Phi) is 6.02. The summed E-state index contributed by atoms with van der Waals surface area (Å²) >= 11 is 0. The molecule has 0 saturated heterocycles. The summed E-state index contributed by atoms with van der Waals surface area (Å²) in [7, 11) is 0. The van der Waals surface area contributed by atoms with Gasteiger partial charge in [-0.15, -0.1) is 0 Å². The Morgan fingerprint density at radius 3 is 1.61 bits per heavy atom. The Labute approximate surface area is 294 Å². The Balaban J connectivity index is 1.19. The second-order valence-corrected chi connectivity index (χ2v) is 13.6. The summed E-state index contributed by atoms with van der Waals surface area (Å²) in [4.78, 5) is 0. The van der Waals surface area contributed by atoms with E-state index in [0.717, 1.165) is 27.5 Å². The third-order valence-electron chi connectivity index (χ3n) is 10.8.